The zero-order valence-corrected chi connectivity index (χ0v) is 17.3. The number of carbonyl (C=O) groups is 2. The van der Waals surface area contributed by atoms with Crippen LogP contribution in [0.4, 0.5) is 0 Å². The summed E-state index contributed by atoms with van der Waals surface area (Å²) in [5.41, 5.74) is 2.35. The van der Waals surface area contributed by atoms with E-state index < -0.39 is 53.1 Å². The summed E-state index contributed by atoms with van der Waals surface area (Å²) in [6, 6.07) is 3.47. The van der Waals surface area contributed by atoms with Gasteiger partial charge >= 0.3 is 11.9 Å². The van der Waals surface area contributed by atoms with E-state index in [2.05, 4.69) is 9.47 Å². The Morgan fingerprint density at radius 1 is 0.852 bits per heavy atom. The van der Waals surface area contributed by atoms with Gasteiger partial charge in [0.05, 0.1) is 14.2 Å². The monoisotopic (exact) mass is 418 g/mol. The van der Waals surface area contributed by atoms with Crippen molar-refractivity contribution in [2.75, 3.05) is 19.3 Å². The molecule has 0 saturated carbocycles. The van der Waals surface area contributed by atoms with E-state index >= 15 is 0 Å². The smallest absolute Gasteiger partial charge is 0.324 e. The Labute approximate surface area is 158 Å². The summed E-state index contributed by atoms with van der Waals surface area (Å²) in [5.74, 6) is -3.68. The van der Waals surface area contributed by atoms with E-state index in [9.17, 15) is 26.4 Å². The molecular weight excluding hydrogens is 396 g/mol. The number of rotatable bonds is 3. The van der Waals surface area contributed by atoms with Gasteiger partial charge in [0.2, 0.25) is 0 Å². The minimum atomic E-state index is -4.43. The Kier molecular flexibility index (Phi) is 5.72. The molecule has 0 bridgehead atoms. The van der Waals surface area contributed by atoms with Crippen molar-refractivity contribution < 1.29 is 35.9 Å². The fourth-order valence-corrected chi connectivity index (χ4v) is 9.18. The zero-order valence-electron chi connectivity index (χ0n) is 15.7. The maximum Gasteiger partial charge on any atom is 0.324 e. The molecule has 1 aliphatic rings. The highest BCUT2D eigenvalue weighted by molar-refractivity contribution is 8.10. The molecule has 0 aliphatic carbocycles. The maximum absolute atomic E-state index is 12.7. The van der Waals surface area contributed by atoms with Crippen molar-refractivity contribution in [3.63, 3.8) is 0 Å². The molecule has 0 spiro atoms. The molecule has 27 heavy (non-hydrogen) atoms. The summed E-state index contributed by atoms with van der Waals surface area (Å²) >= 11 is 0. The van der Waals surface area contributed by atoms with Gasteiger partial charge in [-0.1, -0.05) is 17.7 Å². The van der Waals surface area contributed by atoms with Crippen LogP contribution in [0, 0.1) is 20.8 Å². The molecule has 1 heterocycles. The van der Waals surface area contributed by atoms with Crippen molar-refractivity contribution >= 4 is 31.6 Å². The molecule has 0 N–H and O–H groups in total. The van der Waals surface area contributed by atoms with Crippen LogP contribution in [0.15, 0.2) is 12.1 Å². The standard InChI is InChI=1S/C17H22O8S2/c1-9-6-10(2)12(11(3)7-9)13-14(16(18)24-4)26(20,21)8-27(22,23)15(13)17(19)25-5/h6-7,13-15H,8H2,1-5H3/t14-,15-/m0/s1. The third kappa shape index (κ3) is 3.73. The quantitative estimate of drug-likeness (QED) is 0.654. The van der Waals surface area contributed by atoms with Gasteiger partial charge in [-0.2, -0.15) is 0 Å². The molecule has 2 rings (SSSR count). The lowest BCUT2D eigenvalue weighted by Crippen LogP contribution is -2.55. The molecule has 0 amide bonds. The van der Waals surface area contributed by atoms with Crippen molar-refractivity contribution in [3.05, 3.63) is 34.4 Å². The SMILES string of the molecule is COC(=O)[C@@H]1C(c2c(C)cc(C)cc2C)[C@@H](C(=O)OC)S(=O)(=O)CS1(=O)=O. The highest BCUT2D eigenvalue weighted by atomic mass is 32.3. The number of esters is 2. The molecule has 0 radical (unpaired) electrons. The van der Waals surface area contributed by atoms with E-state index in [1.54, 1.807) is 26.0 Å². The van der Waals surface area contributed by atoms with Gasteiger partial charge in [-0.3, -0.25) is 9.59 Å². The molecule has 1 fully saturated rings. The Morgan fingerprint density at radius 3 is 1.56 bits per heavy atom. The van der Waals surface area contributed by atoms with Crippen molar-refractivity contribution in [1.29, 1.82) is 0 Å². The van der Waals surface area contributed by atoms with Crippen LogP contribution >= 0.6 is 0 Å². The second-order valence-corrected chi connectivity index (χ2v) is 11.3. The Bertz CT molecular complexity index is 917. The summed E-state index contributed by atoms with van der Waals surface area (Å²) < 4.78 is 60.1. The predicted molar refractivity (Wildman–Crippen MR) is 97.7 cm³/mol. The number of hydrogen-bond donors (Lipinski definition) is 0. The van der Waals surface area contributed by atoms with Crippen LogP contribution in [0.2, 0.25) is 0 Å². The van der Waals surface area contributed by atoms with Crippen molar-refractivity contribution in [2.24, 2.45) is 0 Å². The third-order valence-electron chi connectivity index (χ3n) is 4.69. The van der Waals surface area contributed by atoms with Crippen molar-refractivity contribution in [1.82, 2.24) is 0 Å². The molecule has 0 aromatic heterocycles. The van der Waals surface area contributed by atoms with Crippen LogP contribution in [-0.2, 0) is 38.7 Å². The summed E-state index contributed by atoms with van der Waals surface area (Å²) in [5, 5.41) is -4.97. The fraction of sp³-hybridized carbons (Fsp3) is 0.529. The molecule has 1 aromatic rings. The first kappa shape index (κ1) is 21.4. The average molecular weight is 418 g/mol. The number of methoxy groups -OCH3 is 2. The molecule has 2 atom stereocenters. The summed E-state index contributed by atoms with van der Waals surface area (Å²) in [6.07, 6.45) is 0. The first-order valence-corrected chi connectivity index (χ1v) is 11.5. The van der Waals surface area contributed by atoms with Gasteiger partial charge in [-0.15, -0.1) is 0 Å². The van der Waals surface area contributed by atoms with Crippen LogP contribution in [0.25, 0.3) is 0 Å². The molecule has 8 nitrogen and oxygen atoms in total. The van der Waals surface area contributed by atoms with Gasteiger partial charge < -0.3 is 9.47 Å². The molecule has 10 heteroatoms. The van der Waals surface area contributed by atoms with Crippen molar-refractivity contribution in [3.8, 4) is 0 Å². The first-order valence-electron chi connectivity index (χ1n) is 8.04. The van der Waals surface area contributed by atoms with E-state index in [1.807, 2.05) is 6.92 Å². The van der Waals surface area contributed by atoms with Crippen LogP contribution < -0.4 is 0 Å². The highest BCUT2D eigenvalue weighted by Crippen LogP contribution is 2.41. The lowest BCUT2D eigenvalue weighted by Gasteiger charge is -2.36. The zero-order chi connectivity index (χ0) is 20.7. The molecule has 1 aliphatic heterocycles. The second-order valence-electron chi connectivity index (χ2n) is 6.67. The van der Waals surface area contributed by atoms with Gasteiger partial charge in [0.1, 0.15) is 0 Å². The molecule has 150 valence electrons. The largest absolute Gasteiger partial charge is 0.468 e. The molecular formula is C17H22O8S2. The van der Waals surface area contributed by atoms with Crippen LogP contribution in [0.3, 0.4) is 0 Å². The summed E-state index contributed by atoms with van der Waals surface area (Å²) in [7, 11) is -6.83. The van der Waals surface area contributed by atoms with Gasteiger partial charge in [0, 0.05) is 5.92 Å². The maximum atomic E-state index is 12.7. The molecule has 1 aromatic carbocycles. The van der Waals surface area contributed by atoms with Crippen LogP contribution in [0.1, 0.15) is 28.2 Å². The highest BCUT2D eigenvalue weighted by Gasteiger charge is 2.59. The fourth-order valence-electron chi connectivity index (χ4n) is 3.82. The minimum Gasteiger partial charge on any atom is -0.468 e. The van der Waals surface area contributed by atoms with E-state index in [1.165, 1.54) is 0 Å². The van der Waals surface area contributed by atoms with Crippen molar-refractivity contribution in [2.45, 2.75) is 37.2 Å². The first-order chi connectivity index (χ1) is 12.4. The van der Waals surface area contributed by atoms with E-state index in [0.29, 0.717) is 16.7 Å². The lowest BCUT2D eigenvalue weighted by atomic mass is 9.84. The Morgan fingerprint density at radius 2 is 1.22 bits per heavy atom. The second kappa shape index (κ2) is 7.23. The van der Waals surface area contributed by atoms with Gasteiger partial charge in [-0.05, 0) is 37.5 Å². The lowest BCUT2D eigenvalue weighted by molar-refractivity contribution is -0.142. The van der Waals surface area contributed by atoms with Crippen LogP contribution in [-0.4, -0.2) is 58.6 Å². The van der Waals surface area contributed by atoms with E-state index in [0.717, 1.165) is 19.8 Å². The topological polar surface area (TPSA) is 121 Å². The predicted octanol–water partition coefficient (Wildman–Crippen LogP) is 0.579. The number of ether oxygens (including phenoxy) is 2. The number of sulfone groups is 2. The van der Waals surface area contributed by atoms with Gasteiger partial charge in [-0.25, -0.2) is 16.8 Å². The third-order valence-corrected chi connectivity index (χ3v) is 9.84. The number of aryl methyl sites for hydroxylation is 3. The summed E-state index contributed by atoms with van der Waals surface area (Å²) in [6.45, 7) is 5.17. The van der Waals surface area contributed by atoms with Crippen LogP contribution in [0.5, 0.6) is 0 Å². The molecule has 0 unspecified atom stereocenters. The normalized spacial score (nSPS) is 26.2. The minimum absolute atomic E-state index is 0.318. The van der Waals surface area contributed by atoms with Gasteiger partial charge in [0.15, 0.2) is 35.3 Å². The Hall–Kier alpha value is -1.94. The number of hydrogen-bond acceptors (Lipinski definition) is 8. The van der Waals surface area contributed by atoms with E-state index in [-0.39, 0.29) is 0 Å². The average Bonchev–Trinajstić information content (AvgIpc) is 2.50. The molecule has 1 saturated heterocycles. The van der Waals surface area contributed by atoms with E-state index in [4.69, 9.17) is 0 Å². The van der Waals surface area contributed by atoms with Gasteiger partial charge in [0.25, 0.3) is 0 Å². The summed E-state index contributed by atoms with van der Waals surface area (Å²) in [4.78, 5) is 24.7. The Balaban J connectivity index is 2.92. The number of carbonyl (C=O) groups excluding carboxylic acids is 2. The number of benzene rings is 1.